The summed E-state index contributed by atoms with van der Waals surface area (Å²) < 4.78 is 5.68. The number of carboxylic acid groups (broad SMARTS) is 1. The Hall–Kier alpha value is -2.69. The maximum absolute atomic E-state index is 11.4. The van der Waals surface area contributed by atoms with Gasteiger partial charge in [0.05, 0.1) is 5.69 Å². The average molecular weight is 284 g/mol. The SMILES string of the molecule is CC=Cc1ccccc1Oc1nnc(C)c(C)c1C(=O)O. The first-order chi connectivity index (χ1) is 10.0. The summed E-state index contributed by atoms with van der Waals surface area (Å²) >= 11 is 0. The highest BCUT2D eigenvalue weighted by Gasteiger charge is 2.20. The first kappa shape index (κ1) is 14.7. The third-order valence-electron chi connectivity index (χ3n) is 3.11. The molecule has 5 nitrogen and oxygen atoms in total. The van der Waals surface area contributed by atoms with Gasteiger partial charge in [-0.05, 0) is 32.4 Å². The van der Waals surface area contributed by atoms with E-state index in [4.69, 9.17) is 4.74 Å². The molecule has 2 aromatic rings. The summed E-state index contributed by atoms with van der Waals surface area (Å²) in [5.74, 6) is -0.540. The van der Waals surface area contributed by atoms with E-state index in [0.29, 0.717) is 17.0 Å². The Bertz CT molecular complexity index is 709. The average Bonchev–Trinajstić information content (AvgIpc) is 2.45. The molecule has 108 valence electrons. The molecule has 5 heteroatoms. The van der Waals surface area contributed by atoms with Crippen LogP contribution in [0.15, 0.2) is 30.3 Å². The zero-order valence-corrected chi connectivity index (χ0v) is 12.1. The van der Waals surface area contributed by atoms with E-state index < -0.39 is 5.97 Å². The van der Waals surface area contributed by atoms with Crippen LogP contribution in [0.3, 0.4) is 0 Å². The summed E-state index contributed by atoms with van der Waals surface area (Å²) in [6, 6.07) is 7.34. The zero-order valence-electron chi connectivity index (χ0n) is 12.1. The van der Waals surface area contributed by atoms with Gasteiger partial charge in [0.15, 0.2) is 0 Å². The summed E-state index contributed by atoms with van der Waals surface area (Å²) in [7, 11) is 0. The highest BCUT2D eigenvalue weighted by molar-refractivity contribution is 5.92. The maximum atomic E-state index is 11.4. The summed E-state index contributed by atoms with van der Waals surface area (Å²) in [5.41, 5.74) is 2.01. The minimum absolute atomic E-state index is 0.00236. The number of benzene rings is 1. The number of ether oxygens (including phenoxy) is 1. The van der Waals surface area contributed by atoms with Crippen molar-refractivity contribution in [1.82, 2.24) is 10.2 Å². The standard InChI is InChI=1S/C16H16N2O3/c1-4-7-12-8-5-6-9-13(12)21-15-14(16(19)20)10(2)11(3)17-18-15/h4-9H,1-3H3,(H,19,20). The second-order valence-electron chi connectivity index (χ2n) is 4.54. The lowest BCUT2D eigenvalue weighted by molar-refractivity contribution is 0.0692. The van der Waals surface area contributed by atoms with E-state index in [-0.39, 0.29) is 11.4 Å². The van der Waals surface area contributed by atoms with Crippen molar-refractivity contribution in [3.05, 3.63) is 52.7 Å². The molecule has 0 unspecified atom stereocenters. The second-order valence-corrected chi connectivity index (χ2v) is 4.54. The van der Waals surface area contributed by atoms with E-state index in [1.807, 2.05) is 37.3 Å². The number of para-hydroxylation sites is 1. The predicted octanol–water partition coefficient (Wildman–Crippen LogP) is 3.62. The van der Waals surface area contributed by atoms with Gasteiger partial charge in [-0.15, -0.1) is 5.10 Å². The van der Waals surface area contributed by atoms with Crippen LogP contribution in [-0.4, -0.2) is 21.3 Å². The predicted molar refractivity (Wildman–Crippen MR) is 79.7 cm³/mol. The molecule has 0 spiro atoms. The first-order valence-electron chi connectivity index (χ1n) is 6.51. The van der Waals surface area contributed by atoms with Gasteiger partial charge in [-0.2, -0.15) is 5.10 Å². The van der Waals surface area contributed by atoms with Crippen LogP contribution in [-0.2, 0) is 0 Å². The van der Waals surface area contributed by atoms with Crippen LogP contribution in [0.25, 0.3) is 6.08 Å². The summed E-state index contributed by atoms with van der Waals surface area (Å²) in [4.78, 5) is 11.4. The van der Waals surface area contributed by atoms with Crippen LogP contribution in [0.4, 0.5) is 0 Å². The van der Waals surface area contributed by atoms with Crippen LogP contribution >= 0.6 is 0 Å². The second kappa shape index (κ2) is 6.17. The number of hydrogen-bond acceptors (Lipinski definition) is 4. The van der Waals surface area contributed by atoms with Crippen molar-refractivity contribution in [2.45, 2.75) is 20.8 Å². The number of allylic oxidation sites excluding steroid dienone is 1. The van der Waals surface area contributed by atoms with E-state index in [2.05, 4.69) is 10.2 Å². The number of carbonyl (C=O) groups is 1. The Morgan fingerprint density at radius 2 is 1.95 bits per heavy atom. The van der Waals surface area contributed by atoms with Crippen LogP contribution in [0, 0.1) is 13.8 Å². The van der Waals surface area contributed by atoms with Crippen molar-refractivity contribution in [3.63, 3.8) is 0 Å². The van der Waals surface area contributed by atoms with Crippen molar-refractivity contribution >= 4 is 12.0 Å². The fourth-order valence-electron chi connectivity index (χ4n) is 1.90. The Labute approximate surface area is 122 Å². The summed E-state index contributed by atoms with van der Waals surface area (Å²) in [6.07, 6.45) is 3.76. The highest BCUT2D eigenvalue weighted by atomic mass is 16.5. The minimum atomic E-state index is -1.08. The molecule has 0 amide bonds. The van der Waals surface area contributed by atoms with Crippen molar-refractivity contribution in [1.29, 1.82) is 0 Å². The van der Waals surface area contributed by atoms with Gasteiger partial charge in [0.1, 0.15) is 11.3 Å². The van der Waals surface area contributed by atoms with Crippen LogP contribution < -0.4 is 4.74 Å². The lowest BCUT2D eigenvalue weighted by Gasteiger charge is -2.12. The molecule has 0 fully saturated rings. The minimum Gasteiger partial charge on any atom is -0.477 e. The molecule has 0 aliphatic carbocycles. The third kappa shape index (κ3) is 3.08. The van der Waals surface area contributed by atoms with Gasteiger partial charge < -0.3 is 9.84 Å². The van der Waals surface area contributed by atoms with Crippen LogP contribution in [0.5, 0.6) is 11.6 Å². The molecule has 2 rings (SSSR count). The van der Waals surface area contributed by atoms with E-state index in [1.165, 1.54) is 0 Å². The lowest BCUT2D eigenvalue weighted by Crippen LogP contribution is -2.08. The molecule has 0 saturated carbocycles. The fourth-order valence-corrected chi connectivity index (χ4v) is 1.90. The number of aromatic carboxylic acids is 1. The van der Waals surface area contributed by atoms with Gasteiger partial charge in [-0.25, -0.2) is 4.79 Å². The quantitative estimate of drug-likeness (QED) is 0.928. The van der Waals surface area contributed by atoms with E-state index in [0.717, 1.165) is 5.56 Å². The monoisotopic (exact) mass is 284 g/mol. The number of carboxylic acids is 1. The van der Waals surface area contributed by atoms with Crippen LogP contribution in [0.2, 0.25) is 0 Å². The van der Waals surface area contributed by atoms with Crippen molar-refractivity contribution in [2.75, 3.05) is 0 Å². The number of hydrogen-bond donors (Lipinski definition) is 1. The Morgan fingerprint density at radius 3 is 2.62 bits per heavy atom. The Morgan fingerprint density at radius 1 is 1.24 bits per heavy atom. The van der Waals surface area contributed by atoms with E-state index in [1.54, 1.807) is 19.9 Å². The smallest absolute Gasteiger partial charge is 0.341 e. The normalized spacial score (nSPS) is 10.8. The van der Waals surface area contributed by atoms with Crippen LogP contribution in [0.1, 0.15) is 34.1 Å². The topological polar surface area (TPSA) is 72.3 Å². The molecule has 21 heavy (non-hydrogen) atoms. The highest BCUT2D eigenvalue weighted by Crippen LogP contribution is 2.29. The fraction of sp³-hybridized carbons (Fsp3) is 0.188. The van der Waals surface area contributed by atoms with E-state index in [9.17, 15) is 9.90 Å². The molecule has 1 aromatic heterocycles. The van der Waals surface area contributed by atoms with Gasteiger partial charge in [0.2, 0.25) is 0 Å². The van der Waals surface area contributed by atoms with Crippen molar-refractivity contribution in [2.24, 2.45) is 0 Å². The number of aryl methyl sites for hydroxylation is 1. The lowest BCUT2D eigenvalue weighted by atomic mass is 10.1. The summed E-state index contributed by atoms with van der Waals surface area (Å²) in [5, 5.41) is 17.2. The van der Waals surface area contributed by atoms with Crippen molar-refractivity contribution in [3.8, 4) is 11.6 Å². The summed E-state index contributed by atoms with van der Waals surface area (Å²) in [6.45, 7) is 5.31. The molecular formula is C16H16N2O3. The molecule has 0 radical (unpaired) electrons. The molecule has 1 aromatic carbocycles. The van der Waals surface area contributed by atoms with Gasteiger partial charge in [-0.1, -0.05) is 30.4 Å². The molecule has 0 aliphatic rings. The van der Waals surface area contributed by atoms with E-state index >= 15 is 0 Å². The molecule has 1 N–H and O–H groups in total. The van der Waals surface area contributed by atoms with Gasteiger partial charge >= 0.3 is 5.97 Å². The largest absolute Gasteiger partial charge is 0.477 e. The van der Waals surface area contributed by atoms with Gasteiger partial charge in [0.25, 0.3) is 5.88 Å². The molecule has 0 atom stereocenters. The number of aromatic nitrogens is 2. The molecule has 0 saturated heterocycles. The number of nitrogens with zero attached hydrogens (tertiary/aromatic N) is 2. The molecular weight excluding hydrogens is 268 g/mol. The Balaban J connectivity index is 2.50. The van der Waals surface area contributed by atoms with Gasteiger partial charge in [-0.3, -0.25) is 0 Å². The molecule has 1 heterocycles. The number of rotatable bonds is 4. The third-order valence-corrected chi connectivity index (χ3v) is 3.11. The van der Waals surface area contributed by atoms with Crippen molar-refractivity contribution < 1.29 is 14.6 Å². The Kier molecular flexibility index (Phi) is 4.33. The first-order valence-corrected chi connectivity index (χ1v) is 6.51. The van der Waals surface area contributed by atoms with Gasteiger partial charge in [0, 0.05) is 5.56 Å². The zero-order chi connectivity index (χ0) is 15.4. The maximum Gasteiger partial charge on any atom is 0.341 e. The molecule has 0 aliphatic heterocycles. The molecule has 0 bridgehead atoms.